The van der Waals surface area contributed by atoms with Crippen LogP contribution in [0.4, 0.5) is 10.8 Å². The fraction of sp³-hybridized carbons (Fsp3) is 0.423. The number of benzene rings is 2. The molecule has 2 fully saturated rings. The predicted molar refractivity (Wildman–Crippen MR) is 138 cm³/mol. The van der Waals surface area contributed by atoms with Gasteiger partial charge in [-0.1, -0.05) is 12.1 Å². The molecule has 35 heavy (non-hydrogen) atoms. The minimum absolute atomic E-state index is 0.153. The number of hydrogen-bond acceptors (Lipinski definition) is 8. The molecule has 9 heteroatoms. The van der Waals surface area contributed by atoms with Gasteiger partial charge in [-0.15, -0.1) is 0 Å². The summed E-state index contributed by atoms with van der Waals surface area (Å²) in [6.07, 6.45) is 2.50. The monoisotopic (exact) mass is 493 g/mol. The summed E-state index contributed by atoms with van der Waals surface area (Å²) in [5.74, 6) is 2.67. The maximum absolute atomic E-state index is 13.5. The van der Waals surface area contributed by atoms with Gasteiger partial charge in [-0.3, -0.25) is 4.79 Å². The lowest BCUT2D eigenvalue weighted by atomic mass is 10.1. The van der Waals surface area contributed by atoms with Crippen molar-refractivity contribution in [3.05, 3.63) is 59.9 Å². The topological polar surface area (TPSA) is 71.0 Å². The number of carbonyl (C=O) groups excluding carboxylic acids is 1. The molecule has 0 aliphatic carbocycles. The molecule has 1 atom stereocenters. The van der Waals surface area contributed by atoms with E-state index in [1.54, 1.807) is 14.2 Å². The van der Waals surface area contributed by atoms with Crippen LogP contribution in [0.15, 0.2) is 48.5 Å². The summed E-state index contributed by atoms with van der Waals surface area (Å²) < 4.78 is 15.2. The summed E-state index contributed by atoms with van der Waals surface area (Å²) >= 11 is 1.39. The molecule has 1 amide bonds. The van der Waals surface area contributed by atoms with Crippen LogP contribution in [0.5, 0.6) is 11.5 Å². The molecule has 3 aromatic rings. The van der Waals surface area contributed by atoms with Crippen LogP contribution in [0.25, 0.3) is 0 Å². The number of nitrogens with zero attached hydrogens (tertiary/aromatic N) is 5. The minimum Gasteiger partial charge on any atom is -0.497 e. The van der Waals surface area contributed by atoms with Crippen molar-refractivity contribution in [2.75, 3.05) is 56.7 Å². The van der Waals surface area contributed by atoms with E-state index in [1.165, 1.54) is 11.5 Å². The Balaban J connectivity index is 1.20. The van der Waals surface area contributed by atoms with Crippen LogP contribution in [-0.4, -0.2) is 73.1 Å². The van der Waals surface area contributed by atoms with Crippen molar-refractivity contribution in [3.63, 3.8) is 0 Å². The van der Waals surface area contributed by atoms with Gasteiger partial charge in [-0.05, 0) is 54.8 Å². The van der Waals surface area contributed by atoms with E-state index in [4.69, 9.17) is 14.5 Å². The third kappa shape index (κ3) is 5.19. The third-order valence-electron chi connectivity index (χ3n) is 6.77. The van der Waals surface area contributed by atoms with Crippen LogP contribution >= 0.6 is 11.5 Å². The Bertz CT molecular complexity index is 1140. The molecular formula is C26H31N5O3S. The second-order valence-corrected chi connectivity index (χ2v) is 9.61. The Labute approximate surface area is 210 Å². The molecular weight excluding hydrogens is 462 g/mol. The van der Waals surface area contributed by atoms with E-state index in [9.17, 15) is 4.79 Å². The first kappa shape index (κ1) is 23.4. The van der Waals surface area contributed by atoms with Gasteiger partial charge in [0.05, 0.1) is 14.2 Å². The number of aromatic nitrogens is 2. The zero-order valence-electron chi connectivity index (χ0n) is 20.2. The number of carbonyl (C=O) groups is 1. The summed E-state index contributed by atoms with van der Waals surface area (Å²) in [5.41, 5.74) is 2.27. The summed E-state index contributed by atoms with van der Waals surface area (Å²) in [4.78, 5) is 24.8. The number of ether oxygens (including phenoxy) is 2. The molecule has 2 aromatic carbocycles. The molecule has 3 heterocycles. The smallest absolute Gasteiger partial charge is 0.245 e. The largest absolute Gasteiger partial charge is 0.497 e. The normalized spacial score (nSPS) is 18.1. The van der Waals surface area contributed by atoms with Crippen molar-refractivity contribution in [3.8, 4) is 11.5 Å². The highest BCUT2D eigenvalue weighted by atomic mass is 32.1. The third-order valence-corrected chi connectivity index (χ3v) is 7.56. The molecule has 0 N–H and O–H groups in total. The highest BCUT2D eigenvalue weighted by Gasteiger charge is 2.36. The Morgan fingerprint density at radius 2 is 1.77 bits per heavy atom. The number of hydrogen-bond donors (Lipinski definition) is 0. The fourth-order valence-electron chi connectivity index (χ4n) is 4.84. The summed E-state index contributed by atoms with van der Waals surface area (Å²) in [5, 5.41) is 0.843. The first-order valence-electron chi connectivity index (χ1n) is 12.0. The summed E-state index contributed by atoms with van der Waals surface area (Å²) in [6.45, 7) is 3.96. The molecule has 0 spiro atoms. The van der Waals surface area contributed by atoms with Crippen LogP contribution in [-0.2, 0) is 11.2 Å². The van der Waals surface area contributed by atoms with Gasteiger partial charge in [0.25, 0.3) is 0 Å². The summed E-state index contributed by atoms with van der Waals surface area (Å²) in [6, 6.07) is 15.9. The molecule has 2 saturated heterocycles. The van der Waals surface area contributed by atoms with Crippen molar-refractivity contribution >= 4 is 28.3 Å². The molecule has 0 saturated carbocycles. The number of piperazine rings is 1. The van der Waals surface area contributed by atoms with Crippen LogP contribution in [0.1, 0.15) is 24.2 Å². The van der Waals surface area contributed by atoms with Crippen LogP contribution < -0.4 is 19.3 Å². The number of amides is 1. The quantitative estimate of drug-likeness (QED) is 0.499. The second-order valence-electron chi connectivity index (χ2n) is 8.88. The van der Waals surface area contributed by atoms with Gasteiger partial charge < -0.3 is 24.2 Å². The zero-order chi connectivity index (χ0) is 24.2. The lowest BCUT2D eigenvalue weighted by Gasteiger charge is -2.38. The minimum atomic E-state index is -0.153. The van der Waals surface area contributed by atoms with Gasteiger partial charge in [0.1, 0.15) is 23.4 Å². The van der Waals surface area contributed by atoms with Gasteiger partial charge in [0.2, 0.25) is 11.0 Å². The molecule has 0 bridgehead atoms. The van der Waals surface area contributed by atoms with Gasteiger partial charge in [-0.25, -0.2) is 4.98 Å². The van der Waals surface area contributed by atoms with E-state index in [0.29, 0.717) is 6.42 Å². The fourth-order valence-corrected chi connectivity index (χ4v) is 5.60. The average Bonchev–Trinajstić information content (AvgIpc) is 3.58. The predicted octanol–water partition coefficient (Wildman–Crippen LogP) is 3.46. The van der Waals surface area contributed by atoms with E-state index in [1.807, 2.05) is 35.2 Å². The Morgan fingerprint density at radius 3 is 2.51 bits per heavy atom. The summed E-state index contributed by atoms with van der Waals surface area (Å²) in [7, 11) is 3.34. The van der Waals surface area contributed by atoms with E-state index >= 15 is 0 Å². The maximum atomic E-state index is 13.5. The first-order valence-corrected chi connectivity index (χ1v) is 12.8. The van der Waals surface area contributed by atoms with Gasteiger partial charge in [-0.2, -0.15) is 4.37 Å². The van der Waals surface area contributed by atoms with E-state index in [0.717, 1.165) is 79.3 Å². The molecule has 2 aliphatic rings. The van der Waals surface area contributed by atoms with Gasteiger partial charge in [0.15, 0.2) is 0 Å². The molecule has 1 unspecified atom stereocenters. The van der Waals surface area contributed by atoms with Crippen molar-refractivity contribution in [1.82, 2.24) is 14.3 Å². The molecule has 2 aliphatic heterocycles. The number of methoxy groups -OCH3 is 2. The Hall–Kier alpha value is -3.33. The van der Waals surface area contributed by atoms with Gasteiger partial charge in [0, 0.05) is 56.4 Å². The second kappa shape index (κ2) is 10.5. The maximum Gasteiger partial charge on any atom is 0.245 e. The first-order chi connectivity index (χ1) is 17.1. The lowest BCUT2D eigenvalue weighted by Crippen LogP contribution is -2.53. The van der Waals surface area contributed by atoms with Crippen LogP contribution in [0, 0.1) is 0 Å². The van der Waals surface area contributed by atoms with E-state index in [-0.39, 0.29) is 11.9 Å². The van der Waals surface area contributed by atoms with Crippen LogP contribution in [0.3, 0.4) is 0 Å². The highest BCUT2D eigenvalue weighted by Crippen LogP contribution is 2.29. The SMILES string of the molecule is COc1ccc(N2CCN(C(=O)C3CCCN3c3nc(Cc4cccc(OC)c4)ns3)CC2)cc1. The van der Waals surface area contributed by atoms with Crippen molar-refractivity contribution in [2.24, 2.45) is 0 Å². The van der Waals surface area contributed by atoms with Crippen molar-refractivity contribution < 1.29 is 14.3 Å². The average molecular weight is 494 g/mol. The van der Waals surface area contributed by atoms with E-state index in [2.05, 4.69) is 32.4 Å². The zero-order valence-corrected chi connectivity index (χ0v) is 21.0. The van der Waals surface area contributed by atoms with E-state index < -0.39 is 0 Å². The molecule has 0 radical (unpaired) electrons. The molecule has 8 nitrogen and oxygen atoms in total. The molecule has 184 valence electrons. The highest BCUT2D eigenvalue weighted by molar-refractivity contribution is 7.09. The Morgan fingerprint density at radius 1 is 1.00 bits per heavy atom. The number of rotatable bonds is 7. The number of anilines is 2. The van der Waals surface area contributed by atoms with Crippen LogP contribution in [0.2, 0.25) is 0 Å². The molecule has 5 rings (SSSR count). The van der Waals surface area contributed by atoms with Crippen molar-refractivity contribution in [2.45, 2.75) is 25.3 Å². The Kier molecular flexibility index (Phi) is 7.03. The van der Waals surface area contributed by atoms with Gasteiger partial charge >= 0.3 is 0 Å². The molecule has 1 aromatic heterocycles. The lowest BCUT2D eigenvalue weighted by molar-refractivity contribution is -0.132. The standard InChI is InChI=1S/C26H31N5O3S/c1-33-21-10-8-20(9-11-21)29-13-15-30(16-14-29)25(32)23-7-4-12-31(23)26-27-24(28-35-26)18-19-5-3-6-22(17-19)34-2/h3,5-6,8-11,17,23H,4,7,12-16,18H2,1-2H3. The van der Waals surface area contributed by atoms with Crippen molar-refractivity contribution in [1.29, 1.82) is 0 Å².